The molecule has 0 spiro atoms. The van der Waals surface area contributed by atoms with Crippen LogP contribution in [-0.2, 0) is 6.42 Å². The first-order chi connectivity index (χ1) is 13.3. The van der Waals surface area contributed by atoms with E-state index in [4.69, 9.17) is 10.1 Å². The maximum absolute atomic E-state index is 4.76. The largest absolute Gasteiger partial charge is 0.213 e. The summed E-state index contributed by atoms with van der Waals surface area (Å²) in [4.78, 5) is 4.71. The van der Waals surface area contributed by atoms with E-state index in [1.165, 1.54) is 29.5 Å². The lowest BCUT2D eigenvalue weighted by Crippen LogP contribution is -1.96. The van der Waals surface area contributed by atoms with Crippen molar-refractivity contribution in [2.75, 3.05) is 0 Å². The normalized spacial score (nSPS) is 13.8. The second-order valence-electron chi connectivity index (χ2n) is 7.26. The number of aromatic nitrogens is 3. The molecule has 1 aliphatic carbocycles. The molecule has 0 saturated heterocycles. The standard InChI is InChI=1S/C24H21N3/c1-17(18-10-11-18)16-23-25-24-9-5-8-22(27(24)26-23)21-14-12-20(13-15-21)19-6-3-2-4-7-19/h2-9,12-15,18H,1,10-11,16H2. The van der Waals surface area contributed by atoms with E-state index in [1.807, 2.05) is 22.7 Å². The minimum Gasteiger partial charge on any atom is -0.213 e. The minimum atomic E-state index is 0.682. The van der Waals surface area contributed by atoms with Gasteiger partial charge in [0.15, 0.2) is 11.5 Å². The lowest BCUT2D eigenvalue weighted by molar-refractivity contribution is 0.856. The Hall–Kier alpha value is -3.20. The van der Waals surface area contributed by atoms with Gasteiger partial charge in [-0.2, -0.15) is 5.10 Å². The molecule has 1 fully saturated rings. The zero-order chi connectivity index (χ0) is 18.2. The van der Waals surface area contributed by atoms with Crippen molar-refractivity contribution in [2.24, 2.45) is 5.92 Å². The molecule has 2 aromatic carbocycles. The van der Waals surface area contributed by atoms with Crippen LogP contribution < -0.4 is 0 Å². The summed E-state index contributed by atoms with van der Waals surface area (Å²) in [7, 11) is 0. The van der Waals surface area contributed by atoms with Crippen molar-refractivity contribution >= 4 is 5.65 Å². The monoisotopic (exact) mass is 351 g/mol. The lowest BCUT2D eigenvalue weighted by Gasteiger charge is -2.06. The maximum Gasteiger partial charge on any atom is 0.156 e. The molecule has 3 heteroatoms. The second-order valence-corrected chi connectivity index (χ2v) is 7.26. The van der Waals surface area contributed by atoms with Gasteiger partial charge in [-0.3, -0.25) is 0 Å². The first-order valence-electron chi connectivity index (χ1n) is 9.46. The van der Waals surface area contributed by atoms with E-state index in [2.05, 4.69) is 61.2 Å². The highest BCUT2D eigenvalue weighted by atomic mass is 15.3. The van der Waals surface area contributed by atoms with Crippen molar-refractivity contribution in [2.45, 2.75) is 19.3 Å². The topological polar surface area (TPSA) is 30.2 Å². The molecule has 0 amide bonds. The third kappa shape index (κ3) is 3.17. The van der Waals surface area contributed by atoms with Gasteiger partial charge in [-0.1, -0.05) is 72.8 Å². The molecular formula is C24H21N3. The van der Waals surface area contributed by atoms with Crippen LogP contribution in [0.2, 0.25) is 0 Å². The molecule has 1 aliphatic rings. The van der Waals surface area contributed by atoms with Gasteiger partial charge in [0, 0.05) is 12.0 Å². The average Bonchev–Trinajstić information content (AvgIpc) is 3.49. The van der Waals surface area contributed by atoms with Gasteiger partial charge < -0.3 is 0 Å². The van der Waals surface area contributed by atoms with Gasteiger partial charge in [0.1, 0.15) is 0 Å². The van der Waals surface area contributed by atoms with Crippen LogP contribution in [0.4, 0.5) is 0 Å². The summed E-state index contributed by atoms with van der Waals surface area (Å²) in [5.41, 5.74) is 6.79. The first-order valence-corrected chi connectivity index (χ1v) is 9.46. The van der Waals surface area contributed by atoms with Gasteiger partial charge in [-0.15, -0.1) is 0 Å². The van der Waals surface area contributed by atoms with Crippen molar-refractivity contribution in [1.29, 1.82) is 0 Å². The fourth-order valence-corrected chi connectivity index (χ4v) is 3.55. The van der Waals surface area contributed by atoms with Crippen LogP contribution in [0.3, 0.4) is 0 Å². The summed E-state index contributed by atoms with van der Waals surface area (Å²) in [6, 6.07) is 25.2. The zero-order valence-corrected chi connectivity index (χ0v) is 15.2. The van der Waals surface area contributed by atoms with E-state index >= 15 is 0 Å². The van der Waals surface area contributed by atoms with Gasteiger partial charge in [-0.05, 0) is 42.0 Å². The van der Waals surface area contributed by atoms with E-state index in [0.717, 1.165) is 29.1 Å². The summed E-state index contributed by atoms with van der Waals surface area (Å²) in [5, 5.41) is 4.76. The SMILES string of the molecule is C=C(Cc1nc2cccc(-c3ccc(-c4ccccc4)cc3)n2n1)C1CC1. The number of hydrogen-bond acceptors (Lipinski definition) is 2. The Kier molecular flexibility index (Phi) is 3.86. The van der Waals surface area contributed by atoms with Crippen LogP contribution in [-0.4, -0.2) is 14.6 Å². The fraction of sp³-hybridized carbons (Fsp3) is 0.167. The molecule has 2 heterocycles. The molecule has 132 valence electrons. The first kappa shape index (κ1) is 16.0. The molecule has 27 heavy (non-hydrogen) atoms. The predicted molar refractivity (Wildman–Crippen MR) is 109 cm³/mol. The molecule has 0 bridgehead atoms. The molecule has 1 saturated carbocycles. The molecule has 2 aromatic heterocycles. The Labute approximate surface area is 159 Å². The third-order valence-corrected chi connectivity index (χ3v) is 5.23. The van der Waals surface area contributed by atoms with Crippen molar-refractivity contribution in [3.63, 3.8) is 0 Å². The van der Waals surface area contributed by atoms with Crippen LogP contribution >= 0.6 is 0 Å². The second kappa shape index (κ2) is 6.51. The number of nitrogens with zero attached hydrogens (tertiary/aromatic N) is 3. The molecule has 0 aliphatic heterocycles. The fourth-order valence-electron chi connectivity index (χ4n) is 3.55. The van der Waals surface area contributed by atoms with Crippen molar-refractivity contribution in [1.82, 2.24) is 14.6 Å². The Morgan fingerprint density at radius 2 is 1.56 bits per heavy atom. The van der Waals surface area contributed by atoms with E-state index in [0.29, 0.717) is 5.92 Å². The highest BCUT2D eigenvalue weighted by molar-refractivity contribution is 5.69. The highest BCUT2D eigenvalue weighted by Gasteiger charge is 2.25. The smallest absolute Gasteiger partial charge is 0.156 e. The van der Waals surface area contributed by atoms with Gasteiger partial charge in [-0.25, -0.2) is 9.50 Å². The number of benzene rings is 2. The van der Waals surface area contributed by atoms with E-state index in [9.17, 15) is 0 Å². The van der Waals surface area contributed by atoms with Crippen LogP contribution in [0.25, 0.3) is 28.0 Å². The van der Waals surface area contributed by atoms with Crippen molar-refractivity contribution in [3.05, 3.63) is 90.8 Å². The van der Waals surface area contributed by atoms with Gasteiger partial charge in [0.05, 0.1) is 5.69 Å². The van der Waals surface area contributed by atoms with E-state index in [-0.39, 0.29) is 0 Å². The predicted octanol–water partition coefficient (Wildman–Crippen LogP) is 5.57. The Bertz CT molecular complexity index is 1100. The Morgan fingerprint density at radius 3 is 2.30 bits per heavy atom. The molecule has 0 unspecified atom stereocenters. The molecule has 3 nitrogen and oxygen atoms in total. The summed E-state index contributed by atoms with van der Waals surface area (Å²) in [6.07, 6.45) is 3.31. The van der Waals surface area contributed by atoms with E-state index in [1.54, 1.807) is 0 Å². The maximum atomic E-state index is 4.76. The highest BCUT2D eigenvalue weighted by Crippen LogP contribution is 2.36. The van der Waals surface area contributed by atoms with Crippen LogP contribution in [0.5, 0.6) is 0 Å². The molecule has 5 rings (SSSR count). The van der Waals surface area contributed by atoms with Gasteiger partial charge in [0.25, 0.3) is 0 Å². The lowest BCUT2D eigenvalue weighted by atomic mass is 10.0. The summed E-state index contributed by atoms with van der Waals surface area (Å²) in [6.45, 7) is 4.21. The van der Waals surface area contributed by atoms with Gasteiger partial charge in [0.2, 0.25) is 0 Å². The molecule has 4 aromatic rings. The van der Waals surface area contributed by atoms with Crippen molar-refractivity contribution in [3.8, 4) is 22.4 Å². The minimum absolute atomic E-state index is 0.682. The number of rotatable bonds is 5. The summed E-state index contributed by atoms with van der Waals surface area (Å²) < 4.78 is 1.95. The number of allylic oxidation sites excluding steroid dienone is 1. The Balaban J connectivity index is 1.48. The van der Waals surface area contributed by atoms with Gasteiger partial charge >= 0.3 is 0 Å². The van der Waals surface area contributed by atoms with Crippen LogP contribution in [0.15, 0.2) is 84.9 Å². The Morgan fingerprint density at radius 1 is 0.852 bits per heavy atom. The van der Waals surface area contributed by atoms with Crippen LogP contribution in [0.1, 0.15) is 18.7 Å². The van der Waals surface area contributed by atoms with Crippen LogP contribution in [0, 0.1) is 5.92 Å². The quantitative estimate of drug-likeness (QED) is 0.440. The number of pyridine rings is 1. The summed E-state index contributed by atoms with van der Waals surface area (Å²) in [5.74, 6) is 1.54. The zero-order valence-electron chi connectivity index (χ0n) is 15.2. The molecular weight excluding hydrogens is 330 g/mol. The molecule has 0 radical (unpaired) electrons. The average molecular weight is 351 g/mol. The number of fused-ring (bicyclic) bond motifs is 1. The number of hydrogen-bond donors (Lipinski definition) is 0. The molecule has 0 N–H and O–H groups in total. The van der Waals surface area contributed by atoms with E-state index < -0.39 is 0 Å². The summed E-state index contributed by atoms with van der Waals surface area (Å²) >= 11 is 0. The third-order valence-electron chi connectivity index (χ3n) is 5.23. The van der Waals surface area contributed by atoms with Crippen molar-refractivity contribution < 1.29 is 0 Å². The molecule has 0 atom stereocenters.